The van der Waals surface area contributed by atoms with Crippen LogP contribution in [0.5, 0.6) is 23.4 Å². The van der Waals surface area contributed by atoms with E-state index in [1.807, 2.05) is 27.7 Å². The number of hydrogen-bond donors (Lipinski definition) is 2. The van der Waals surface area contributed by atoms with E-state index in [1.165, 1.54) is 6.07 Å². The van der Waals surface area contributed by atoms with Gasteiger partial charge in [-0.15, -0.1) is 0 Å². The number of phenolic OH excluding ortho intramolecular Hbond substituents is 2. The Morgan fingerprint density at radius 2 is 1.88 bits per heavy atom. The van der Waals surface area contributed by atoms with E-state index in [1.54, 1.807) is 18.1 Å². The summed E-state index contributed by atoms with van der Waals surface area (Å²) >= 11 is 0. The first kappa shape index (κ1) is 23.6. The minimum atomic E-state index is -0.328. The summed E-state index contributed by atoms with van der Waals surface area (Å²) < 4.78 is 16.5. The third-order valence-electron chi connectivity index (χ3n) is 5.15. The van der Waals surface area contributed by atoms with Crippen molar-refractivity contribution in [3.05, 3.63) is 34.5 Å². The summed E-state index contributed by atoms with van der Waals surface area (Å²) in [5.41, 5.74) is 2.25. The van der Waals surface area contributed by atoms with Gasteiger partial charge in [0, 0.05) is 26.1 Å². The molecular weight excluding hydrogens is 414 g/mol. The minimum Gasteiger partial charge on any atom is -0.508 e. The summed E-state index contributed by atoms with van der Waals surface area (Å²) in [7, 11) is 1.59. The van der Waals surface area contributed by atoms with Gasteiger partial charge in [0.25, 0.3) is 5.91 Å². The van der Waals surface area contributed by atoms with E-state index in [4.69, 9.17) is 14.2 Å². The number of carbonyl (C=O) groups excluding carboxylic acids is 1. The first-order valence-electron chi connectivity index (χ1n) is 10.7. The molecule has 9 heteroatoms. The Labute approximate surface area is 188 Å². The number of rotatable bonds is 8. The highest BCUT2D eigenvalue weighted by molar-refractivity contribution is 5.97. The van der Waals surface area contributed by atoms with Crippen LogP contribution in [0.4, 0.5) is 0 Å². The first-order valence-corrected chi connectivity index (χ1v) is 10.7. The molecule has 0 saturated carbocycles. The second kappa shape index (κ2) is 10.0. The van der Waals surface area contributed by atoms with Crippen molar-refractivity contribution >= 4 is 5.91 Å². The Morgan fingerprint density at radius 1 is 1.12 bits per heavy atom. The summed E-state index contributed by atoms with van der Waals surface area (Å²) in [6.07, 6.45) is 0.371. The second-order valence-electron chi connectivity index (χ2n) is 8.30. The molecule has 0 bridgehead atoms. The summed E-state index contributed by atoms with van der Waals surface area (Å²) in [6, 6.07) is 3.00. The third-order valence-corrected chi connectivity index (χ3v) is 5.15. The molecule has 0 unspecified atom stereocenters. The Balaban J connectivity index is 1.90. The molecule has 0 fully saturated rings. The Bertz CT molecular complexity index is 977. The van der Waals surface area contributed by atoms with Crippen LogP contribution in [0.3, 0.4) is 0 Å². The van der Waals surface area contributed by atoms with Gasteiger partial charge in [0.05, 0.1) is 36.1 Å². The zero-order valence-electron chi connectivity index (χ0n) is 19.2. The van der Waals surface area contributed by atoms with Crippen LogP contribution >= 0.6 is 0 Å². The number of hydrogen-bond acceptors (Lipinski definition) is 8. The number of phenols is 2. The van der Waals surface area contributed by atoms with Crippen molar-refractivity contribution in [2.45, 2.75) is 52.7 Å². The average molecular weight is 446 g/mol. The van der Waals surface area contributed by atoms with Gasteiger partial charge in [-0.1, -0.05) is 13.8 Å². The zero-order valence-corrected chi connectivity index (χ0v) is 19.2. The van der Waals surface area contributed by atoms with Crippen LogP contribution in [0.15, 0.2) is 12.1 Å². The van der Waals surface area contributed by atoms with E-state index in [9.17, 15) is 15.0 Å². The maximum atomic E-state index is 13.3. The number of methoxy groups -OCH3 is 1. The second-order valence-corrected chi connectivity index (χ2v) is 8.30. The minimum absolute atomic E-state index is 0.000190. The Kier molecular flexibility index (Phi) is 7.40. The molecule has 0 saturated heterocycles. The fourth-order valence-electron chi connectivity index (χ4n) is 3.54. The third kappa shape index (κ3) is 5.21. The average Bonchev–Trinajstić information content (AvgIpc) is 2.72. The predicted molar refractivity (Wildman–Crippen MR) is 117 cm³/mol. The van der Waals surface area contributed by atoms with E-state index in [0.717, 1.165) is 11.3 Å². The number of aromatic hydroxyl groups is 2. The molecule has 1 aromatic heterocycles. The molecule has 2 N–H and O–H groups in total. The lowest BCUT2D eigenvalue weighted by Gasteiger charge is -2.30. The van der Waals surface area contributed by atoms with Gasteiger partial charge >= 0.3 is 6.01 Å². The fourth-order valence-corrected chi connectivity index (χ4v) is 3.54. The van der Waals surface area contributed by atoms with Crippen molar-refractivity contribution in [1.29, 1.82) is 0 Å². The van der Waals surface area contributed by atoms with Crippen molar-refractivity contribution < 1.29 is 29.2 Å². The molecule has 0 radical (unpaired) electrons. The lowest BCUT2D eigenvalue weighted by molar-refractivity contribution is 0.0725. The number of aromatic nitrogens is 2. The monoisotopic (exact) mass is 445 g/mol. The Morgan fingerprint density at radius 3 is 2.53 bits per heavy atom. The molecule has 1 amide bonds. The van der Waals surface area contributed by atoms with Crippen molar-refractivity contribution in [3.8, 4) is 23.4 Å². The van der Waals surface area contributed by atoms with E-state index in [0.29, 0.717) is 37.6 Å². The molecule has 1 aromatic carbocycles. The highest BCUT2D eigenvalue weighted by Gasteiger charge is 2.29. The van der Waals surface area contributed by atoms with E-state index < -0.39 is 0 Å². The number of nitrogens with zero attached hydrogens (tertiary/aromatic N) is 3. The van der Waals surface area contributed by atoms with Gasteiger partial charge in [0.1, 0.15) is 18.1 Å². The van der Waals surface area contributed by atoms with Gasteiger partial charge in [-0.25, -0.2) is 0 Å². The summed E-state index contributed by atoms with van der Waals surface area (Å²) in [5, 5.41) is 20.4. The van der Waals surface area contributed by atoms with Gasteiger partial charge < -0.3 is 29.3 Å². The predicted octanol–water partition coefficient (Wildman–Crippen LogP) is 3.02. The number of ether oxygens (including phenoxy) is 3. The lowest BCUT2D eigenvalue weighted by atomic mass is 9.97. The normalized spacial score (nSPS) is 13.4. The lowest BCUT2D eigenvalue weighted by Crippen LogP contribution is -2.37. The highest BCUT2D eigenvalue weighted by Crippen LogP contribution is 2.34. The maximum absolute atomic E-state index is 13.3. The molecule has 0 aliphatic carbocycles. The van der Waals surface area contributed by atoms with Gasteiger partial charge in [0.15, 0.2) is 0 Å². The van der Waals surface area contributed by atoms with Crippen molar-refractivity contribution in [2.24, 2.45) is 0 Å². The van der Waals surface area contributed by atoms with Crippen LogP contribution in [0.2, 0.25) is 0 Å². The molecule has 2 aromatic rings. The summed E-state index contributed by atoms with van der Waals surface area (Å²) in [6.45, 7) is 9.01. The summed E-state index contributed by atoms with van der Waals surface area (Å²) in [4.78, 5) is 23.8. The highest BCUT2D eigenvalue weighted by atomic mass is 16.5. The van der Waals surface area contributed by atoms with Crippen LogP contribution in [0, 0.1) is 0 Å². The molecule has 3 rings (SSSR count). The maximum Gasteiger partial charge on any atom is 0.320 e. The standard InChI is InChI=1S/C23H31N3O6/c1-13(2)15-10-16(20(28)11-19(15)27)22(29)26-7-6-18-17(12-26)21(32-14(3)4)25-23(24-18)31-9-8-30-5/h10-11,13-14,27-28H,6-9,12H2,1-5H3. The van der Waals surface area contributed by atoms with Crippen LogP contribution < -0.4 is 9.47 Å². The van der Waals surface area contributed by atoms with Gasteiger partial charge in [-0.2, -0.15) is 9.97 Å². The molecular formula is C23H31N3O6. The van der Waals surface area contributed by atoms with E-state index >= 15 is 0 Å². The van der Waals surface area contributed by atoms with Gasteiger partial charge in [0.2, 0.25) is 5.88 Å². The van der Waals surface area contributed by atoms with Crippen LogP contribution in [-0.4, -0.2) is 64.0 Å². The first-order chi connectivity index (χ1) is 15.2. The number of fused-ring (bicyclic) bond motifs is 1. The van der Waals surface area contributed by atoms with Crippen molar-refractivity contribution in [2.75, 3.05) is 26.9 Å². The number of benzene rings is 1. The summed E-state index contributed by atoms with van der Waals surface area (Å²) in [5.74, 6) is -0.224. The van der Waals surface area contributed by atoms with E-state index in [-0.39, 0.29) is 47.5 Å². The largest absolute Gasteiger partial charge is 0.508 e. The Hall–Kier alpha value is -3.07. The smallest absolute Gasteiger partial charge is 0.320 e. The van der Waals surface area contributed by atoms with Crippen molar-refractivity contribution in [1.82, 2.24) is 14.9 Å². The van der Waals surface area contributed by atoms with Crippen LogP contribution in [0.1, 0.15) is 60.8 Å². The SMILES string of the molecule is COCCOc1nc2c(c(OC(C)C)n1)CN(C(=O)c1cc(C(C)C)c(O)cc1O)CC2. The number of carbonyl (C=O) groups is 1. The molecule has 174 valence electrons. The van der Waals surface area contributed by atoms with Crippen LogP contribution in [0.25, 0.3) is 0 Å². The fraction of sp³-hybridized carbons (Fsp3) is 0.522. The zero-order chi connectivity index (χ0) is 23.4. The molecule has 32 heavy (non-hydrogen) atoms. The quantitative estimate of drug-likeness (QED) is 0.596. The molecule has 1 aliphatic rings. The molecule has 0 spiro atoms. The van der Waals surface area contributed by atoms with Crippen molar-refractivity contribution in [3.63, 3.8) is 0 Å². The molecule has 0 atom stereocenters. The van der Waals surface area contributed by atoms with Gasteiger partial charge in [-0.3, -0.25) is 4.79 Å². The van der Waals surface area contributed by atoms with Gasteiger partial charge in [-0.05, 0) is 31.4 Å². The molecule has 1 aliphatic heterocycles. The molecule has 2 heterocycles. The topological polar surface area (TPSA) is 114 Å². The van der Waals surface area contributed by atoms with Crippen LogP contribution in [-0.2, 0) is 17.7 Å². The number of amides is 1. The molecule has 9 nitrogen and oxygen atoms in total. The van der Waals surface area contributed by atoms with E-state index in [2.05, 4.69) is 9.97 Å².